The van der Waals surface area contributed by atoms with Crippen molar-refractivity contribution in [2.75, 3.05) is 57.2 Å². The Hall–Kier alpha value is -3.57. The van der Waals surface area contributed by atoms with E-state index in [1.165, 1.54) is 24.5 Å². The second kappa shape index (κ2) is 11.2. The predicted octanol–water partition coefficient (Wildman–Crippen LogP) is 4.99. The van der Waals surface area contributed by atoms with Gasteiger partial charge >= 0.3 is 12.1 Å². The van der Waals surface area contributed by atoms with Crippen LogP contribution in [0, 0.1) is 0 Å². The number of carbonyl (C=O) groups is 2. The SMILES string of the molecule is COC(=O)c1c(-c2ccc(OC)cc2)csc1NC(=O)CN1CCN(c2cccc(C(F)(F)F)c2)CC1. The molecule has 1 saturated heterocycles. The molecule has 3 aromatic rings. The molecule has 1 fully saturated rings. The summed E-state index contributed by atoms with van der Waals surface area (Å²) in [6, 6.07) is 12.5. The van der Waals surface area contributed by atoms with E-state index < -0.39 is 17.7 Å². The van der Waals surface area contributed by atoms with Gasteiger partial charge in [-0.1, -0.05) is 18.2 Å². The number of anilines is 2. The number of amides is 1. The third-order valence-corrected chi connectivity index (χ3v) is 7.01. The molecule has 0 unspecified atom stereocenters. The molecular formula is C26H26F3N3O4S. The number of nitrogens with zero attached hydrogens (tertiary/aromatic N) is 2. The molecule has 2 aromatic carbocycles. The van der Waals surface area contributed by atoms with Crippen LogP contribution in [0.5, 0.6) is 5.75 Å². The Bertz CT molecular complexity index is 1250. The third-order valence-electron chi connectivity index (χ3n) is 6.11. The van der Waals surface area contributed by atoms with E-state index in [4.69, 9.17) is 9.47 Å². The van der Waals surface area contributed by atoms with Crippen LogP contribution < -0.4 is 15.0 Å². The first-order valence-corrected chi connectivity index (χ1v) is 12.4. The van der Waals surface area contributed by atoms with Crippen molar-refractivity contribution in [3.05, 3.63) is 65.0 Å². The molecule has 1 aromatic heterocycles. The largest absolute Gasteiger partial charge is 0.497 e. The highest BCUT2D eigenvalue weighted by Crippen LogP contribution is 2.37. The van der Waals surface area contributed by atoms with Gasteiger partial charge in [0.05, 0.1) is 26.3 Å². The van der Waals surface area contributed by atoms with Crippen molar-refractivity contribution in [1.82, 2.24) is 4.90 Å². The van der Waals surface area contributed by atoms with Crippen molar-refractivity contribution in [3.8, 4) is 16.9 Å². The molecule has 7 nitrogen and oxygen atoms in total. The maximum Gasteiger partial charge on any atom is 0.416 e. The third kappa shape index (κ3) is 6.23. The molecule has 0 aliphatic carbocycles. The summed E-state index contributed by atoms with van der Waals surface area (Å²) in [6.45, 7) is 2.09. The minimum atomic E-state index is -4.39. The van der Waals surface area contributed by atoms with Crippen LogP contribution in [-0.4, -0.2) is 63.7 Å². The molecule has 0 atom stereocenters. The summed E-state index contributed by atoms with van der Waals surface area (Å²) >= 11 is 1.23. The molecule has 1 aliphatic heterocycles. The van der Waals surface area contributed by atoms with E-state index in [-0.39, 0.29) is 18.0 Å². The van der Waals surface area contributed by atoms with Gasteiger partial charge in [0.25, 0.3) is 0 Å². The van der Waals surface area contributed by atoms with Crippen LogP contribution in [0.1, 0.15) is 15.9 Å². The van der Waals surface area contributed by atoms with E-state index in [1.807, 2.05) is 21.9 Å². The molecule has 1 N–H and O–H groups in total. The van der Waals surface area contributed by atoms with Gasteiger partial charge in [-0.05, 0) is 35.9 Å². The number of benzene rings is 2. The molecular weight excluding hydrogens is 507 g/mol. The summed E-state index contributed by atoms with van der Waals surface area (Å²) in [5, 5.41) is 5.01. The lowest BCUT2D eigenvalue weighted by atomic mass is 10.0. The molecule has 0 spiro atoms. The van der Waals surface area contributed by atoms with Crippen LogP contribution >= 0.6 is 11.3 Å². The van der Waals surface area contributed by atoms with Crippen LogP contribution in [0.2, 0.25) is 0 Å². The quantitative estimate of drug-likeness (QED) is 0.432. The zero-order valence-corrected chi connectivity index (χ0v) is 21.1. The van der Waals surface area contributed by atoms with Crippen molar-refractivity contribution in [3.63, 3.8) is 0 Å². The standard InChI is InChI=1S/C26H26F3N3O4S/c1-35-20-8-6-17(7-9-20)21-16-37-24(23(21)25(34)36-2)30-22(33)15-31-10-12-32(13-11-31)19-5-3-4-18(14-19)26(27,28)29/h3-9,14,16H,10-13,15H2,1-2H3,(H,30,33). The first-order valence-electron chi connectivity index (χ1n) is 11.5. The average Bonchev–Trinajstić information content (AvgIpc) is 3.31. The average molecular weight is 534 g/mol. The van der Waals surface area contributed by atoms with Gasteiger partial charge in [-0.15, -0.1) is 11.3 Å². The summed E-state index contributed by atoms with van der Waals surface area (Å²) in [7, 11) is 2.85. The molecule has 1 aliphatic rings. The lowest BCUT2D eigenvalue weighted by molar-refractivity contribution is -0.137. The number of rotatable bonds is 7. The lowest BCUT2D eigenvalue weighted by Gasteiger charge is -2.36. The van der Waals surface area contributed by atoms with Crippen molar-refractivity contribution in [2.24, 2.45) is 0 Å². The van der Waals surface area contributed by atoms with Crippen molar-refractivity contribution < 1.29 is 32.2 Å². The van der Waals surface area contributed by atoms with Crippen molar-refractivity contribution in [2.45, 2.75) is 6.18 Å². The van der Waals surface area contributed by atoms with Crippen LogP contribution in [0.25, 0.3) is 11.1 Å². The van der Waals surface area contributed by atoms with E-state index in [1.54, 1.807) is 30.7 Å². The van der Waals surface area contributed by atoms with Crippen LogP contribution in [0.3, 0.4) is 0 Å². The summed E-state index contributed by atoms with van der Waals surface area (Å²) in [5.41, 5.74) is 1.53. The minimum absolute atomic E-state index is 0.0901. The molecule has 2 heterocycles. The number of piperazine rings is 1. The Balaban J connectivity index is 1.39. The second-order valence-electron chi connectivity index (χ2n) is 8.43. The van der Waals surface area contributed by atoms with Gasteiger partial charge in [0.2, 0.25) is 5.91 Å². The minimum Gasteiger partial charge on any atom is -0.497 e. The van der Waals surface area contributed by atoms with Gasteiger partial charge in [-0.3, -0.25) is 9.69 Å². The van der Waals surface area contributed by atoms with Crippen LogP contribution in [0.15, 0.2) is 53.9 Å². The smallest absolute Gasteiger partial charge is 0.416 e. The number of esters is 1. The zero-order valence-electron chi connectivity index (χ0n) is 20.3. The fourth-order valence-electron chi connectivity index (χ4n) is 4.15. The maximum absolute atomic E-state index is 13.0. The van der Waals surface area contributed by atoms with Crippen molar-refractivity contribution >= 4 is 33.9 Å². The van der Waals surface area contributed by atoms with E-state index in [2.05, 4.69) is 5.32 Å². The van der Waals surface area contributed by atoms with Gasteiger partial charge in [0.1, 0.15) is 16.3 Å². The van der Waals surface area contributed by atoms with Gasteiger partial charge in [0, 0.05) is 42.8 Å². The molecule has 37 heavy (non-hydrogen) atoms. The highest BCUT2D eigenvalue weighted by Gasteiger charge is 2.31. The molecule has 196 valence electrons. The predicted molar refractivity (Wildman–Crippen MR) is 136 cm³/mol. The number of nitrogens with one attached hydrogen (secondary N) is 1. The number of methoxy groups -OCH3 is 2. The Morgan fingerprint density at radius 3 is 2.35 bits per heavy atom. The summed E-state index contributed by atoms with van der Waals surface area (Å²) in [6.07, 6.45) is -4.39. The zero-order chi connectivity index (χ0) is 26.6. The first-order chi connectivity index (χ1) is 17.7. The van der Waals surface area contributed by atoms with E-state index in [0.29, 0.717) is 48.2 Å². The first kappa shape index (κ1) is 26.5. The van der Waals surface area contributed by atoms with Gasteiger partial charge < -0.3 is 19.7 Å². The summed E-state index contributed by atoms with van der Waals surface area (Å²) in [5.74, 6) is -0.168. The molecule has 11 heteroatoms. The highest BCUT2D eigenvalue weighted by molar-refractivity contribution is 7.15. The number of halogens is 3. The van der Waals surface area contributed by atoms with E-state index >= 15 is 0 Å². The number of carbonyl (C=O) groups excluding carboxylic acids is 2. The number of thiophene rings is 1. The Kier molecular flexibility index (Phi) is 8.03. The molecule has 4 rings (SSSR count). The number of hydrogen-bond donors (Lipinski definition) is 1. The van der Waals surface area contributed by atoms with Gasteiger partial charge in [-0.2, -0.15) is 13.2 Å². The van der Waals surface area contributed by atoms with Gasteiger partial charge in [-0.25, -0.2) is 4.79 Å². The molecule has 0 bridgehead atoms. The van der Waals surface area contributed by atoms with E-state index in [0.717, 1.165) is 17.7 Å². The Morgan fingerprint density at radius 1 is 1.03 bits per heavy atom. The number of ether oxygens (including phenoxy) is 2. The van der Waals surface area contributed by atoms with Gasteiger partial charge in [0.15, 0.2) is 0 Å². The fourth-order valence-corrected chi connectivity index (χ4v) is 5.12. The van der Waals surface area contributed by atoms with Crippen molar-refractivity contribution in [1.29, 1.82) is 0 Å². The van der Waals surface area contributed by atoms with E-state index in [9.17, 15) is 22.8 Å². The normalized spacial score (nSPS) is 14.4. The van der Waals surface area contributed by atoms with Crippen LogP contribution in [0.4, 0.5) is 23.9 Å². The molecule has 1 amide bonds. The monoisotopic (exact) mass is 533 g/mol. The maximum atomic E-state index is 13.0. The lowest BCUT2D eigenvalue weighted by Crippen LogP contribution is -2.48. The molecule has 0 saturated carbocycles. The Morgan fingerprint density at radius 2 is 1.73 bits per heavy atom. The van der Waals surface area contributed by atoms with Crippen LogP contribution in [-0.2, 0) is 15.7 Å². The second-order valence-corrected chi connectivity index (χ2v) is 9.31. The number of alkyl halides is 3. The molecule has 0 radical (unpaired) electrons. The topological polar surface area (TPSA) is 71.1 Å². The number of hydrogen-bond acceptors (Lipinski definition) is 7. The summed E-state index contributed by atoms with van der Waals surface area (Å²) < 4.78 is 49.3. The fraction of sp³-hybridized carbons (Fsp3) is 0.308. The Labute approximate surface area is 216 Å². The highest BCUT2D eigenvalue weighted by atomic mass is 32.1. The summed E-state index contributed by atoms with van der Waals surface area (Å²) in [4.78, 5) is 29.2.